The number of ether oxygens (including phenoxy) is 1. The van der Waals surface area contributed by atoms with Gasteiger partial charge >= 0.3 is 6.09 Å². The molecule has 0 spiro atoms. The van der Waals surface area contributed by atoms with Crippen LogP contribution in [0.1, 0.15) is 6.42 Å². The number of nitrogens with zero attached hydrogens (tertiary/aromatic N) is 1. The zero-order valence-electron chi connectivity index (χ0n) is 8.28. The summed E-state index contributed by atoms with van der Waals surface area (Å²) in [7, 11) is 3.35. The highest BCUT2D eigenvalue weighted by atomic mass is 32.2. The fourth-order valence-electron chi connectivity index (χ4n) is 0.616. The SMILES string of the molecule is C=CCSCCCOC(=O)N(C)C. The Morgan fingerprint density at radius 3 is 2.85 bits per heavy atom. The van der Waals surface area contributed by atoms with Gasteiger partial charge in [0.25, 0.3) is 0 Å². The number of amides is 1. The van der Waals surface area contributed by atoms with Crippen molar-refractivity contribution in [1.82, 2.24) is 4.90 Å². The third-order valence-electron chi connectivity index (χ3n) is 1.26. The van der Waals surface area contributed by atoms with E-state index in [1.54, 1.807) is 25.9 Å². The van der Waals surface area contributed by atoms with E-state index in [4.69, 9.17) is 4.74 Å². The minimum atomic E-state index is -0.270. The van der Waals surface area contributed by atoms with Crippen molar-refractivity contribution in [2.45, 2.75) is 6.42 Å². The Balaban J connectivity index is 3.16. The van der Waals surface area contributed by atoms with Gasteiger partial charge in [-0.25, -0.2) is 4.79 Å². The summed E-state index contributed by atoms with van der Waals surface area (Å²) in [4.78, 5) is 12.3. The van der Waals surface area contributed by atoms with Crippen LogP contribution in [0.4, 0.5) is 4.79 Å². The van der Waals surface area contributed by atoms with Crippen LogP contribution in [0.2, 0.25) is 0 Å². The first-order valence-electron chi connectivity index (χ1n) is 4.21. The summed E-state index contributed by atoms with van der Waals surface area (Å²) in [5.41, 5.74) is 0. The van der Waals surface area contributed by atoms with Gasteiger partial charge in [0.05, 0.1) is 6.61 Å². The molecular formula is C9H17NO2S. The second-order valence-corrected chi connectivity index (χ2v) is 3.88. The van der Waals surface area contributed by atoms with Crippen LogP contribution in [0.5, 0.6) is 0 Å². The van der Waals surface area contributed by atoms with E-state index in [1.807, 2.05) is 6.08 Å². The predicted molar refractivity (Wildman–Crippen MR) is 57.2 cm³/mol. The van der Waals surface area contributed by atoms with Crippen LogP contribution in [-0.4, -0.2) is 43.2 Å². The Morgan fingerprint density at radius 1 is 1.62 bits per heavy atom. The molecule has 0 bridgehead atoms. The summed E-state index contributed by atoms with van der Waals surface area (Å²) in [5.74, 6) is 1.97. The lowest BCUT2D eigenvalue weighted by atomic mass is 10.5. The number of hydrogen-bond acceptors (Lipinski definition) is 3. The minimum Gasteiger partial charge on any atom is -0.449 e. The summed E-state index contributed by atoms with van der Waals surface area (Å²) >= 11 is 1.79. The number of carbonyl (C=O) groups is 1. The lowest BCUT2D eigenvalue weighted by molar-refractivity contribution is 0.119. The third-order valence-corrected chi connectivity index (χ3v) is 2.31. The van der Waals surface area contributed by atoms with Crippen molar-refractivity contribution in [2.24, 2.45) is 0 Å². The highest BCUT2D eigenvalue weighted by Gasteiger charge is 2.02. The van der Waals surface area contributed by atoms with Crippen LogP contribution < -0.4 is 0 Å². The van der Waals surface area contributed by atoms with E-state index in [-0.39, 0.29) is 6.09 Å². The third kappa shape index (κ3) is 7.71. The Labute approximate surface area is 84.1 Å². The molecule has 0 unspecified atom stereocenters. The minimum absolute atomic E-state index is 0.270. The first kappa shape index (κ1) is 12.4. The quantitative estimate of drug-likeness (QED) is 0.488. The number of thioether (sulfide) groups is 1. The van der Waals surface area contributed by atoms with Crippen LogP contribution >= 0.6 is 11.8 Å². The van der Waals surface area contributed by atoms with Crippen LogP contribution in [0.15, 0.2) is 12.7 Å². The van der Waals surface area contributed by atoms with Crippen LogP contribution in [0.3, 0.4) is 0 Å². The molecule has 3 nitrogen and oxygen atoms in total. The van der Waals surface area contributed by atoms with Gasteiger partial charge in [-0.15, -0.1) is 6.58 Å². The van der Waals surface area contributed by atoms with E-state index in [0.29, 0.717) is 6.61 Å². The van der Waals surface area contributed by atoms with E-state index >= 15 is 0 Å². The van der Waals surface area contributed by atoms with Crippen molar-refractivity contribution in [1.29, 1.82) is 0 Å². The van der Waals surface area contributed by atoms with Gasteiger partial charge in [0.1, 0.15) is 0 Å². The van der Waals surface area contributed by atoms with E-state index < -0.39 is 0 Å². The van der Waals surface area contributed by atoms with E-state index in [9.17, 15) is 4.79 Å². The van der Waals surface area contributed by atoms with E-state index in [1.165, 1.54) is 4.90 Å². The molecule has 0 aromatic carbocycles. The number of carbonyl (C=O) groups excluding carboxylic acids is 1. The Kier molecular flexibility index (Phi) is 7.59. The molecule has 0 N–H and O–H groups in total. The number of hydrogen-bond donors (Lipinski definition) is 0. The van der Waals surface area contributed by atoms with Gasteiger partial charge in [0.2, 0.25) is 0 Å². The molecule has 76 valence electrons. The predicted octanol–water partition coefficient (Wildman–Crippen LogP) is 1.99. The van der Waals surface area contributed by atoms with Crippen molar-refractivity contribution in [3.63, 3.8) is 0 Å². The molecule has 0 atom stereocenters. The van der Waals surface area contributed by atoms with Crippen molar-refractivity contribution in [2.75, 3.05) is 32.2 Å². The maximum Gasteiger partial charge on any atom is 0.409 e. The highest BCUT2D eigenvalue weighted by molar-refractivity contribution is 7.99. The zero-order chi connectivity index (χ0) is 10.1. The molecule has 0 aliphatic rings. The van der Waals surface area contributed by atoms with Gasteiger partial charge < -0.3 is 9.64 Å². The molecule has 0 saturated carbocycles. The van der Waals surface area contributed by atoms with Crippen molar-refractivity contribution in [3.8, 4) is 0 Å². The Bertz CT molecular complexity index is 160. The molecule has 0 aliphatic heterocycles. The van der Waals surface area contributed by atoms with Crippen LogP contribution in [0.25, 0.3) is 0 Å². The average Bonchev–Trinajstić information content (AvgIpc) is 2.10. The second-order valence-electron chi connectivity index (χ2n) is 2.73. The molecule has 4 heteroatoms. The fourth-order valence-corrected chi connectivity index (χ4v) is 1.27. The Hall–Kier alpha value is -0.640. The van der Waals surface area contributed by atoms with Crippen LogP contribution in [-0.2, 0) is 4.74 Å². The lowest BCUT2D eigenvalue weighted by Crippen LogP contribution is -2.23. The summed E-state index contributed by atoms with van der Waals surface area (Å²) in [6.07, 6.45) is 2.50. The molecule has 0 rings (SSSR count). The Morgan fingerprint density at radius 2 is 2.31 bits per heavy atom. The molecule has 0 heterocycles. The maximum absolute atomic E-state index is 10.9. The number of rotatable bonds is 6. The lowest BCUT2D eigenvalue weighted by Gasteiger charge is -2.10. The first-order chi connectivity index (χ1) is 6.18. The van der Waals surface area contributed by atoms with Gasteiger partial charge in [-0.05, 0) is 12.2 Å². The molecule has 1 amide bonds. The average molecular weight is 203 g/mol. The summed E-state index contributed by atoms with van der Waals surface area (Å²) < 4.78 is 4.93. The van der Waals surface area contributed by atoms with E-state index in [0.717, 1.165) is 17.9 Å². The first-order valence-corrected chi connectivity index (χ1v) is 5.36. The maximum atomic E-state index is 10.9. The fraction of sp³-hybridized carbons (Fsp3) is 0.667. The second kappa shape index (κ2) is 7.98. The van der Waals surface area contributed by atoms with Crippen molar-refractivity contribution >= 4 is 17.9 Å². The topological polar surface area (TPSA) is 29.5 Å². The molecule has 0 aromatic rings. The van der Waals surface area contributed by atoms with Gasteiger partial charge in [-0.1, -0.05) is 6.08 Å². The van der Waals surface area contributed by atoms with E-state index in [2.05, 4.69) is 6.58 Å². The molecule has 0 saturated heterocycles. The standard InChI is InChI=1S/C9H17NO2S/c1-4-7-13-8-5-6-12-9(11)10(2)3/h4H,1,5-8H2,2-3H3. The zero-order valence-corrected chi connectivity index (χ0v) is 9.10. The smallest absolute Gasteiger partial charge is 0.409 e. The summed E-state index contributed by atoms with van der Waals surface area (Å²) in [6.45, 7) is 4.12. The summed E-state index contributed by atoms with van der Waals surface area (Å²) in [5, 5.41) is 0. The molecule has 0 radical (unpaired) electrons. The largest absolute Gasteiger partial charge is 0.449 e. The van der Waals surface area contributed by atoms with Crippen molar-refractivity contribution in [3.05, 3.63) is 12.7 Å². The van der Waals surface area contributed by atoms with Gasteiger partial charge in [0, 0.05) is 19.8 Å². The molecule has 0 aromatic heterocycles. The van der Waals surface area contributed by atoms with Gasteiger partial charge in [0.15, 0.2) is 0 Å². The van der Waals surface area contributed by atoms with Crippen molar-refractivity contribution < 1.29 is 9.53 Å². The summed E-state index contributed by atoms with van der Waals surface area (Å²) in [6, 6.07) is 0. The van der Waals surface area contributed by atoms with Crippen LogP contribution in [0, 0.1) is 0 Å². The van der Waals surface area contributed by atoms with Gasteiger partial charge in [-0.3, -0.25) is 0 Å². The highest BCUT2D eigenvalue weighted by Crippen LogP contribution is 2.02. The molecule has 0 fully saturated rings. The van der Waals surface area contributed by atoms with Gasteiger partial charge in [-0.2, -0.15) is 11.8 Å². The molecular weight excluding hydrogens is 186 g/mol. The normalized spacial score (nSPS) is 9.38. The monoisotopic (exact) mass is 203 g/mol. The molecule has 13 heavy (non-hydrogen) atoms. The molecule has 0 aliphatic carbocycles.